The Morgan fingerprint density at radius 2 is 2.00 bits per heavy atom. The zero-order valence-electron chi connectivity index (χ0n) is 12.6. The SMILES string of the molecule is CCC1C(=O)N(c2ccc(OC)cc2)N=C1c1cccnc1. The predicted molar refractivity (Wildman–Crippen MR) is 85.0 cm³/mol. The average Bonchev–Trinajstić information content (AvgIpc) is 2.92. The van der Waals surface area contributed by atoms with Crippen LogP contribution in [0.1, 0.15) is 18.9 Å². The Bertz CT molecular complexity index is 696. The molecule has 0 N–H and O–H groups in total. The molecule has 0 fully saturated rings. The number of hydrogen-bond donors (Lipinski definition) is 0. The number of nitrogens with zero attached hydrogens (tertiary/aromatic N) is 3. The number of carbonyl (C=O) groups is 1. The summed E-state index contributed by atoms with van der Waals surface area (Å²) < 4.78 is 5.14. The van der Waals surface area contributed by atoms with Crippen molar-refractivity contribution < 1.29 is 9.53 Å². The number of ether oxygens (including phenoxy) is 1. The molecule has 0 saturated heterocycles. The minimum Gasteiger partial charge on any atom is -0.497 e. The molecule has 1 aliphatic heterocycles. The third-order valence-corrected chi connectivity index (χ3v) is 3.73. The van der Waals surface area contributed by atoms with Gasteiger partial charge in [-0.3, -0.25) is 9.78 Å². The summed E-state index contributed by atoms with van der Waals surface area (Å²) >= 11 is 0. The molecule has 3 rings (SSSR count). The van der Waals surface area contributed by atoms with E-state index in [-0.39, 0.29) is 11.8 Å². The van der Waals surface area contributed by atoms with Crippen LogP contribution in [-0.4, -0.2) is 23.7 Å². The molecule has 0 radical (unpaired) electrons. The molecule has 0 spiro atoms. The van der Waals surface area contributed by atoms with E-state index in [1.54, 1.807) is 19.5 Å². The molecule has 1 aliphatic rings. The maximum Gasteiger partial charge on any atom is 0.256 e. The normalized spacial score (nSPS) is 17.5. The van der Waals surface area contributed by atoms with Crippen molar-refractivity contribution in [2.45, 2.75) is 13.3 Å². The molecule has 2 heterocycles. The van der Waals surface area contributed by atoms with Gasteiger partial charge in [0.2, 0.25) is 0 Å². The fourth-order valence-electron chi connectivity index (χ4n) is 2.54. The summed E-state index contributed by atoms with van der Waals surface area (Å²) in [6.07, 6.45) is 4.16. The van der Waals surface area contributed by atoms with Crippen LogP contribution in [0.25, 0.3) is 0 Å². The highest BCUT2D eigenvalue weighted by molar-refractivity contribution is 6.21. The van der Waals surface area contributed by atoms with Crippen molar-refractivity contribution in [1.82, 2.24) is 4.98 Å². The maximum absolute atomic E-state index is 12.6. The Hall–Kier alpha value is -2.69. The van der Waals surface area contributed by atoms with E-state index in [0.717, 1.165) is 22.7 Å². The summed E-state index contributed by atoms with van der Waals surface area (Å²) in [5, 5.41) is 6.01. The Balaban J connectivity index is 1.98. The molecule has 0 bridgehead atoms. The summed E-state index contributed by atoms with van der Waals surface area (Å²) in [5.41, 5.74) is 2.40. The molecule has 2 aromatic rings. The van der Waals surface area contributed by atoms with E-state index in [0.29, 0.717) is 6.42 Å². The minimum atomic E-state index is -0.230. The van der Waals surface area contributed by atoms with Gasteiger partial charge in [-0.25, -0.2) is 0 Å². The van der Waals surface area contributed by atoms with Crippen LogP contribution >= 0.6 is 0 Å². The van der Waals surface area contributed by atoms with E-state index in [4.69, 9.17) is 4.74 Å². The molecule has 1 amide bonds. The molecular formula is C17H17N3O2. The third kappa shape index (κ3) is 2.45. The maximum atomic E-state index is 12.6. The van der Waals surface area contributed by atoms with Crippen LogP contribution in [0.5, 0.6) is 5.75 Å². The first kappa shape index (κ1) is 14.3. The molecule has 1 atom stereocenters. The van der Waals surface area contributed by atoms with Gasteiger partial charge in [0.05, 0.1) is 24.4 Å². The number of hydrazone groups is 1. The van der Waals surface area contributed by atoms with Crippen LogP contribution in [0.2, 0.25) is 0 Å². The molecule has 1 aromatic carbocycles. The van der Waals surface area contributed by atoms with Crippen LogP contribution in [0.3, 0.4) is 0 Å². The topological polar surface area (TPSA) is 54.8 Å². The smallest absolute Gasteiger partial charge is 0.256 e. The summed E-state index contributed by atoms with van der Waals surface area (Å²) in [6.45, 7) is 1.99. The number of hydrogen-bond acceptors (Lipinski definition) is 4. The largest absolute Gasteiger partial charge is 0.497 e. The number of anilines is 1. The van der Waals surface area contributed by atoms with Gasteiger partial charge in [-0.1, -0.05) is 6.92 Å². The van der Waals surface area contributed by atoms with E-state index in [1.807, 2.05) is 43.3 Å². The van der Waals surface area contributed by atoms with Crippen molar-refractivity contribution >= 4 is 17.3 Å². The van der Waals surface area contributed by atoms with Crippen molar-refractivity contribution in [3.63, 3.8) is 0 Å². The molecule has 5 nitrogen and oxygen atoms in total. The van der Waals surface area contributed by atoms with Crippen LogP contribution in [0, 0.1) is 5.92 Å². The quantitative estimate of drug-likeness (QED) is 0.871. The van der Waals surface area contributed by atoms with E-state index in [9.17, 15) is 4.79 Å². The number of carbonyl (C=O) groups excluding carboxylic acids is 1. The fraction of sp³-hybridized carbons (Fsp3) is 0.235. The van der Waals surface area contributed by atoms with Crippen LogP contribution in [0.15, 0.2) is 53.9 Å². The van der Waals surface area contributed by atoms with Crippen LogP contribution in [0.4, 0.5) is 5.69 Å². The number of rotatable bonds is 4. The Kier molecular flexibility index (Phi) is 3.87. The minimum absolute atomic E-state index is 0.00785. The first-order chi connectivity index (χ1) is 10.7. The number of methoxy groups -OCH3 is 1. The van der Waals surface area contributed by atoms with Gasteiger partial charge < -0.3 is 4.74 Å². The van der Waals surface area contributed by atoms with E-state index in [1.165, 1.54) is 5.01 Å². The lowest BCUT2D eigenvalue weighted by Gasteiger charge is -2.13. The average molecular weight is 295 g/mol. The van der Waals surface area contributed by atoms with Gasteiger partial charge in [-0.2, -0.15) is 10.1 Å². The van der Waals surface area contributed by atoms with Gasteiger partial charge in [0.25, 0.3) is 5.91 Å². The third-order valence-electron chi connectivity index (χ3n) is 3.73. The van der Waals surface area contributed by atoms with Crippen LogP contribution < -0.4 is 9.75 Å². The number of aromatic nitrogens is 1. The second-order valence-electron chi connectivity index (χ2n) is 5.04. The van der Waals surface area contributed by atoms with Crippen molar-refractivity contribution in [3.05, 3.63) is 54.4 Å². The first-order valence-electron chi connectivity index (χ1n) is 7.21. The van der Waals surface area contributed by atoms with Crippen molar-refractivity contribution in [3.8, 4) is 5.75 Å². The zero-order chi connectivity index (χ0) is 15.5. The Morgan fingerprint density at radius 3 is 2.59 bits per heavy atom. The highest BCUT2D eigenvalue weighted by Crippen LogP contribution is 2.29. The monoisotopic (exact) mass is 295 g/mol. The standard InChI is InChI=1S/C17H17N3O2/c1-3-15-16(12-5-4-10-18-11-12)19-20(17(15)21)13-6-8-14(22-2)9-7-13/h4-11,15H,3H2,1-2H3. The molecule has 0 aliphatic carbocycles. The molecule has 5 heteroatoms. The van der Waals surface area contributed by atoms with Crippen molar-refractivity contribution in [1.29, 1.82) is 0 Å². The van der Waals surface area contributed by atoms with E-state index in [2.05, 4.69) is 10.1 Å². The zero-order valence-corrected chi connectivity index (χ0v) is 12.6. The van der Waals surface area contributed by atoms with Gasteiger partial charge in [0, 0.05) is 18.0 Å². The molecule has 0 saturated carbocycles. The van der Waals surface area contributed by atoms with E-state index >= 15 is 0 Å². The fourth-order valence-corrected chi connectivity index (χ4v) is 2.54. The molecule has 22 heavy (non-hydrogen) atoms. The van der Waals surface area contributed by atoms with Gasteiger partial charge in [0.1, 0.15) is 5.75 Å². The van der Waals surface area contributed by atoms with Crippen molar-refractivity contribution in [2.75, 3.05) is 12.1 Å². The molecule has 1 unspecified atom stereocenters. The highest BCUT2D eigenvalue weighted by atomic mass is 16.5. The molecule has 1 aromatic heterocycles. The van der Waals surface area contributed by atoms with E-state index < -0.39 is 0 Å². The lowest BCUT2D eigenvalue weighted by atomic mass is 9.95. The van der Waals surface area contributed by atoms with Crippen molar-refractivity contribution in [2.24, 2.45) is 11.0 Å². The summed E-state index contributed by atoms with van der Waals surface area (Å²) in [7, 11) is 1.61. The summed E-state index contributed by atoms with van der Waals surface area (Å²) in [6, 6.07) is 11.1. The summed E-state index contributed by atoms with van der Waals surface area (Å²) in [5.74, 6) is 0.511. The lowest BCUT2D eigenvalue weighted by Crippen LogP contribution is -2.27. The number of benzene rings is 1. The number of amides is 1. The predicted octanol–water partition coefficient (Wildman–Crippen LogP) is 2.87. The Labute approximate surface area is 129 Å². The lowest BCUT2D eigenvalue weighted by molar-refractivity contribution is -0.119. The highest BCUT2D eigenvalue weighted by Gasteiger charge is 2.36. The van der Waals surface area contributed by atoms with Gasteiger partial charge >= 0.3 is 0 Å². The second-order valence-corrected chi connectivity index (χ2v) is 5.04. The number of pyridine rings is 1. The van der Waals surface area contributed by atoms with Gasteiger partial charge in [-0.15, -0.1) is 0 Å². The first-order valence-corrected chi connectivity index (χ1v) is 7.21. The van der Waals surface area contributed by atoms with Crippen LogP contribution in [-0.2, 0) is 4.79 Å². The van der Waals surface area contributed by atoms with Gasteiger partial charge in [0.15, 0.2) is 0 Å². The second kappa shape index (κ2) is 5.97. The Morgan fingerprint density at radius 1 is 1.23 bits per heavy atom. The molecule has 112 valence electrons. The molecular weight excluding hydrogens is 278 g/mol. The summed E-state index contributed by atoms with van der Waals surface area (Å²) in [4.78, 5) is 16.8. The van der Waals surface area contributed by atoms with Gasteiger partial charge in [-0.05, 0) is 42.8 Å².